The van der Waals surface area contributed by atoms with E-state index in [-0.39, 0.29) is 28.2 Å². The summed E-state index contributed by atoms with van der Waals surface area (Å²) in [7, 11) is -3.38. The van der Waals surface area contributed by atoms with E-state index < -0.39 is 9.84 Å². The number of benzene rings is 1. The third kappa shape index (κ3) is 3.57. The monoisotopic (exact) mass is 269 g/mol. The highest BCUT2D eigenvalue weighted by atomic mass is 32.2. The summed E-state index contributed by atoms with van der Waals surface area (Å²) in [5, 5.41) is 2.71. The molecule has 0 unspecified atom stereocenters. The first kappa shape index (κ1) is 14.7. The average Bonchev–Trinajstić information content (AvgIpc) is 2.28. The molecule has 0 fully saturated rings. The summed E-state index contributed by atoms with van der Waals surface area (Å²) in [6.45, 7) is 5.47. The van der Waals surface area contributed by atoms with Crippen molar-refractivity contribution in [1.29, 1.82) is 0 Å². The van der Waals surface area contributed by atoms with Crippen LogP contribution in [0.1, 0.15) is 37.6 Å². The Balaban J connectivity index is 3.19. The first-order valence-corrected chi connectivity index (χ1v) is 7.66. The lowest BCUT2D eigenvalue weighted by Crippen LogP contribution is -2.31. The van der Waals surface area contributed by atoms with E-state index in [1.807, 2.05) is 13.8 Å². The molecule has 0 aromatic heterocycles. The van der Waals surface area contributed by atoms with Gasteiger partial charge in [0.1, 0.15) is 0 Å². The number of sulfone groups is 1. The summed E-state index contributed by atoms with van der Waals surface area (Å²) in [6, 6.07) is 6.30. The van der Waals surface area contributed by atoms with Crippen molar-refractivity contribution in [1.82, 2.24) is 5.32 Å². The average molecular weight is 269 g/mol. The lowest BCUT2D eigenvalue weighted by molar-refractivity contribution is 0.0940. The molecule has 1 amide bonds. The Morgan fingerprint density at radius 3 is 2.44 bits per heavy atom. The zero-order chi connectivity index (χ0) is 13.8. The summed E-state index contributed by atoms with van der Waals surface area (Å²) in [6.07, 6.45) is 0.530. The molecule has 0 saturated heterocycles. The summed E-state index contributed by atoms with van der Waals surface area (Å²) in [5.41, 5.74) is 0.222. The van der Waals surface area contributed by atoms with Crippen molar-refractivity contribution >= 4 is 15.7 Å². The fourth-order valence-corrected chi connectivity index (χ4v) is 3.18. The standard InChI is InChI=1S/C13H19NO3S/c1-4-9-18(16,17)12-8-6-5-7-11(12)13(15)14-10(2)3/h5-8,10H,4,9H2,1-3H3,(H,14,15). The van der Waals surface area contributed by atoms with Gasteiger partial charge in [-0.25, -0.2) is 8.42 Å². The molecular weight excluding hydrogens is 250 g/mol. The van der Waals surface area contributed by atoms with E-state index in [4.69, 9.17) is 0 Å². The Labute approximate surface area is 108 Å². The molecule has 4 nitrogen and oxygen atoms in total. The van der Waals surface area contributed by atoms with Gasteiger partial charge >= 0.3 is 0 Å². The van der Waals surface area contributed by atoms with Gasteiger partial charge in [0, 0.05) is 6.04 Å². The van der Waals surface area contributed by atoms with E-state index in [9.17, 15) is 13.2 Å². The second kappa shape index (κ2) is 6.00. The highest BCUT2D eigenvalue weighted by molar-refractivity contribution is 7.91. The van der Waals surface area contributed by atoms with Crippen LogP contribution in [-0.4, -0.2) is 26.1 Å². The van der Waals surface area contributed by atoms with E-state index >= 15 is 0 Å². The van der Waals surface area contributed by atoms with Crippen molar-refractivity contribution in [3.05, 3.63) is 29.8 Å². The minimum Gasteiger partial charge on any atom is -0.350 e. The van der Waals surface area contributed by atoms with Crippen LogP contribution in [0.2, 0.25) is 0 Å². The zero-order valence-corrected chi connectivity index (χ0v) is 11.8. The van der Waals surface area contributed by atoms with Crippen LogP contribution >= 0.6 is 0 Å². The van der Waals surface area contributed by atoms with Crippen LogP contribution in [0, 0.1) is 0 Å². The molecule has 18 heavy (non-hydrogen) atoms. The molecule has 5 heteroatoms. The molecular formula is C13H19NO3S. The lowest BCUT2D eigenvalue weighted by atomic mass is 10.2. The molecule has 0 aliphatic rings. The van der Waals surface area contributed by atoms with Crippen molar-refractivity contribution in [3.63, 3.8) is 0 Å². The number of hydrogen-bond donors (Lipinski definition) is 1. The van der Waals surface area contributed by atoms with Gasteiger partial charge in [-0.15, -0.1) is 0 Å². The normalized spacial score (nSPS) is 11.6. The molecule has 0 aliphatic carbocycles. The number of rotatable bonds is 5. The zero-order valence-electron chi connectivity index (χ0n) is 10.9. The predicted octanol–water partition coefficient (Wildman–Crippen LogP) is 2.01. The maximum atomic E-state index is 12.1. The largest absolute Gasteiger partial charge is 0.350 e. The SMILES string of the molecule is CCCS(=O)(=O)c1ccccc1C(=O)NC(C)C. The summed E-state index contributed by atoms with van der Waals surface area (Å²) in [4.78, 5) is 12.1. The highest BCUT2D eigenvalue weighted by Crippen LogP contribution is 2.17. The van der Waals surface area contributed by atoms with Crippen molar-refractivity contribution < 1.29 is 13.2 Å². The van der Waals surface area contributed by atoms with Crippen LogP contribution in [0.5, 0.6) is 0 Å². The predicted molar refractivity (Wildman–Crippen MR) is 71.4 cm³/mol. The second-order valence-electron chi connectivity index (χ2n) is 4.44. The molecule has 0 atom stereocenters. The Morgan fingerprint density at radius 2 is 1.89 bits per heavy atom. The number of amides is 1. The van der Waals surface area contributed by atoms with Gasteiger partial charge in [0.15, 0.2) is 9.84 Å². The minimum absolute atomic E-state index is 0.0283. The van der Waals surface area contributed by atoms with E-state index in [0.29, 0.717) is 6.42 Å². The smallest absolute Gasteiger partial charge is 0.252 e. The third-order valence-electron chi connectivity index (χ3n) is 2.36. The molecule has 100 valence electrons. The molecule has 1 N–H and O–H groups in total. The van der Waals surface area contributed by atoms with Crippen LogP contribution in [0.15, 0.2) is 29.2 Å². The van der Waals surface area contributed by atoms with Crippen molar-refractivity contribution in [3.8, 4) is 0 Å². The number of carbonyl (C=O) groups is 1. The van der Waals surface area contributed by atoms with Gasteiger partial charge in [-0.1, -0.05) is 19.1 Å². The molecule has 0 radical (unpaired) electrons. The molecule has 0 spiro atoms. The molecule has 1 aromatic rings. The van der Waals surface area contributed by atoms with Crippen LogP contribution < -0.4 is 5.32 Å². The van der Waals surface area contributed by atoms with Gasteiger partial charge in [-0.2, -0.15) is 0 Å². The quantitative estimate of drug-likeness (QED) is 0.889. The van der Waals surface area contributed by atoms with E-state index in [0.717, 1.165) is 0 Å². The van der Waals surface area contributed by atoms with Crippen molar-refractivity contribution in [2.75, 3.05) is 5.75 Å². The molecule has 0 heterocycles. The number of nitrogens with one attached hydrogen (secondary N) is 1. The Bertz CT molecular complexity index is 521. The fraction of sp³-hybridized carbons (Fsp3) is 0.462. The summed E-state index contributed by atoms with van der Waals surface area (Å²) >= 11 is 0. The minimum atomic E-state index is -3.38. The van der Waals surface area contributed by atoms with E-state index in [2.05, 4.69) is 5.32 Å². The fourth-order valence-electron chi connectivity index (χ4n) is 1.64. The van der Waals surface area contributed by atoms with Gasteiger partial charge in [-0.05, 0) is 32.4 Å². The van der Waals surface area contributed by atoms with Gasteiger partial charge in [0.25, 0.3) is 5.91 Å². The Hall–Kier alpha value is -1.36. The molecule has 0 aliphatic heterocycles. The molecule has 0 saturated carbocycles. The van der Waals surface area contributed by atoms with E-state index in [1.165, 1.54) is 6.07 Å². The van der Waals surface area contributed by atoms with Crippen LogP contribution in [0.3, 0.4) is 0 Å². The van der Waals surface area contributed by atoms with Crippen LogP contribution in [0.25, 0.3) is 0 Å². The number of hydrogen-bond acceptors (Lipinski definition) is 3. The first-order valence-electron chi connectivity index (χ1n) is 6.01. The van der Waals surface area contributed by atoms with E-state index in [1.54, 1.807) is 25.1 Å². The molecule has 1 aromatic carbocycles. The van der Waals surface area contributed by atoms with Crippen molar-refractivity contribution in [2.24, 2.45) is 0 Å². The van der Waals surface area contributed by atoms with Gasteiger partial charge in [-0.3, -0.25) is 4.79 Å². The van der Waals surface area contributed by atoms with Gasteiger partial charge < -0.3 is 5.32 Å². The first-order chi connectivity index (χ1) is 8.38. The maximum absolute atomic E-state index is 12.1. The van der Waals surface area contributed by atoms with Gasteiger partial charge in [0.05, 0.1) is 16.2 Å². The van der Waals surface area contributed by atoms with Crippen molar-refractivity contribution in [2.45, 2.75) is 38.1 Å². The number of carbonyl (C=O) groups excluding carboxylic acids is 1. The van der Waals surface area contributed by atoms with Crippen LogP contribution in [-0.2, 0) is 9.84 Å². The van der Waals surface area contributed by atoms with Gasteiger partial charge in [0.2, 0.25) is 0 Å². The molecule has 0 bridgehead atoms. The highest BCUT2D eigenvalue weighted by Gasteiger charge is 2.21. The summed E-state index contributed by atoms with van der Waals surface area (Å²) < 4.78 is 24.1. The maximum Gasteiger partial charge on any atom is 0.252 e. The Morgan fingerprint density at radius 1 is 1.28 bits per heavy atom. The molecule has 1 rings (SSSR count). The topological polar surface area (TPSA) is 63.2 Å². The Kier molecular flexibility index (Phi) is 4.90. The summed E-state index contributed by atoms with van der Waals surface area (Å²) in [5.74, 6) is -0.292. The third-order valence-corrected chi connectivity index (χ3v) is 4.33. The lowest BCUT2D eigenvalue weighted by Gasteiger charge is -2.12. The second-order valence-corrected chi connectivity index (χ2v) is 6.52. The van der Waals surface area contributed by atoms with Crippen LogP contribution in [0.4, 0.5) is 0 Å².